The molecule has 0 radical (unpaired) electrons. The van der Waals surface area contributed by atoms with E-state index in [4.69, 9.17) is 15.4 Å². The molecular weight excluding hydrogens is 296 g/mol. The van der Waals surface area contributed by atoms with Gasteiger partial charge in [-0.05, 0) is 60.7 Å². The first-order chi connectivity index (χ1) is 9.52. The molecule has 0 spiro atoms. The zero-order valence-electron chi connectivity index (χ0n) is 10.9. The van der Waals surface area contributed by atoms with Crippen LogP contribution >= 0.6 is 10.7 Å². The molecule has 106 valence electrons. The van der Waals surface area contributed by atoms with Crippen LogP contribution in [0.4, 0.5) is 0 Å². The Morgan fingerprint density at radius 3 is 2.35 bits per heavy atom. The summed E-state index contributed by atoms with van der Waals surface area (Å²) in [5.74, 6) is 0.839. The Balaban J connectivity index is 1.92. The van der Waals surface area contributed by atoms with E-state index in [-0.39, 0.29) is 4.90 Å². The van der Waals surface area contributed by atoms with E-state index in [2.05, 4.69) is 0 Å². The Morgan fingerprint density at radius 2 is 1.65 bits per heavy atom. The summed E-state index contributed by atoms with van der Waals surface area (Å²) in [5.41, 5.74) is 0. The van der Waals surface area contributed by atoms with Crippen LogP contribution in [-0.4, -0.2) is 14.5 Å². The molecule has 2 aromatic carbocycles. The van der Waals surface area contributed by atoms with Gasteiger partial charge in [-0.2, -0.15) is 0 Å². The van der Waals surface area contributed by atoms with Crippen molar-refractivity contribution >= 4 is 30.5 Å². The molecule has 5 heteroatoms. The molecule has 2 aromatic rings. The molecule has 0 amide bonds. The molecule has 1 fully saturated rings. The minimum Gasteiger partial charge on any atom is -0.490 e. The molecule has 0 bridgehead atoms. The van der Waals surface area contributed by atoms with E-state index < -0.39 is 9.05 Å². The second-order valence-electron chi connectivity index (χ2n) is 5.13. The molecule has 0 atom stereocenters. The van der Waals surface area contributed by atoms with Gasteiger partial charge in [0.15, 0.2) is 0 Å². The van der Waals surface area contributed by atoms with Gasteiger partial charge in [-0.1, -0.05) is 12.1 Å². The van der Waals surface area contributed by atoms with Crippen molar-refractivity contribution in [2.45, 2.75) is 36.7 Å². The lowest BCUT2D eigenvalue weighted by Gasteiger charge is -2.13. The summed E-state index contributed by atoms with van der Waals surface area (Å²) in [5, 5.41) is 1.79. The maximum atomic E-state index is 11.3. The van der Waals surface area contributed by atoms with E-state index in [1.165, 1.54) is 18.9 Å². The molecule has 0 saturated heterocycles. The highest BCUT2D eigenvalue weighted by atomic mass is 35.7. The quantitative estimate of drug-likeness (QED) is 0.802. The number of halogens is 1. The fourth-order valence-electron chi connectivity index (χ4n) is 2.63. The highest BCUT2D eigenvalue weighted by Crippen LogP contribution is 2.28. The monoisotopic (exact) mass is 310 g/mol. The maximum Gasteiger partial charge on any atom is 0.261 e. The molecule has 0 heterocycles. The smallest absolute Gasteiger partial charge is 0.261 e. The third-order valence-corrected chi connectivity index (χ3v) is 5.02. The predicted octanol–water partition coefficient (Wildman–Crippen LogP) is 4.09. The van der Waals surface area contributed by atoms with Crippen LogP contribution in [0.1, 0.15) is 25.7 Å². The molecule has 0 unspecified atom stereocenters. The van der Waals surface area contributed by atoms with Crippen molar-refractivity contribution in [2.24, 2.45) is 0 Å². The van der Waals surface area contributed by atoms with E-state index in [0.29, 0.717) is 6.10 Å². The second-order valence-corrected chi connectivity index (χ2v) is 7.70. The Hall–Kier alpha value is -1.26. The molecule has 3 rings (SSSR count). The molecule has 1 aliphatic carbocycles. The summed E-state index contributed by atoms with van der Waals surface area (Å²) in [7, 11) is 1.67. The van der Waals surface area contributed by atoms with Crippen molar-refractivity contribution in [1.29, 1.82) is 0 Å². The third kappa shape index (κ3) is 2.91. The molecule has 1 aliphatic rings. The summed E-state index contributed by atoms with van der Waals surface area (Å²) < 4.78 is 28.6. The van der Waals surface area contributed by atoms with Crippen LogP contribution < -0.4 is 4.74 Å². The molecule has 20 heavy (non-hydrogen) atoms. The summed E-state index contributed by atoms with van der Waals surface area (Å²) in [6, 6.07) is 10.5. The van der Waals surface area contributed by atoms with Crippen LogP contribution in [-0.2, 0) is 9.05 Å². The Kier molecular flexibility index (Phi) is 3.61. The third-order valence-electron chi connectivity index (χ3n) is 3.67. The minimum atomic E-state index is -3.68. The van der Waals surface area contributed by atoms with Crippen LogP contribution in [0, 0.1) is 0 Å². The summed E-state index contributed by atoms with van der Waals surface area (Å²) in [6.45, 7) is 0. The molecular formula is C15H15ClO3S. The fraction of sp³-hybridized carbons (Fsp3) is 0.333. The lowest BCUT2D eigenvalue weighted by Crippen LogP contribution is -2.10. The van der Waals surface area contributed by atoms with Crippen LogP contribution in [0.2, 0.25) is 0 Å². The van der Waals surface area contributed by atoms with Gasteiger partial charge in [0.2, 0.25) is 0 Å². The predicted molar refractivity (Wildman–Crippen MR) is 79.9 cm³/mol. The van der Waals surface area contributed by atoms with Crippen molar-refractivity contribution in [3.8, 4) is 5.75 Å². The molecule has 0 N–H and O–H groups in total. The second kappa shape index (κ2) is 5.26. The summed E-state index contributed by atoms with van der Waals surface area (Å²) >= 11 is 0. The first-order valence-corrected chi connectivity index (χ1v) is 8.98. The first-order valence-electron chi connectivity index (χ1n) is 6.67. The standard InChI is InChI=1S/C15H15ClO3S/c16-20(17,18)15-8-6-11-9-14(7-5-12(11)10-15)19-13-3-1-2-4-13/h5-10,13H,1-4H2. The molecule has 0 aromatic heterocycles. The van der Waals surface area contributed by atoms with Gasteiger partial charge in [0.25, 0.3) is 9.05 Å². The van der Waals surface area contributed by atoms with Crippen LogP contribution in [0.25, 0.3) is 10.8 Å². The summed E-state index contributed by atoms with van der Waals surface area (Å²) in [6.07, 6.45) is 5.00. The highest BCUT2D eigenvalue weighted by molar-refractivity contribution is 8.13. The number of ether oxygens (including phenoxy) is 1. The number of hydrogen-bond donors (Lipinski definition) is 0. The lowest BCUT2D eigenvalue weighted by atomic mass is 10.1. The molecule has 0 aliphatic heterocycles. The van der Waals surface area contributed by atoms with Crippen LogP contribution in [0.5, 0.6) is 5.75 Å². The van der Waals surface area contributed by atoms with Crippen molar-refractivity contribution in [2.75, 3.05) is 0 Å². The van der Waals surface area contributed by atoms with Crippen molar-refractivity contribution in [1.82, 2.24) is 0 Å². The van der Waals surface area contributed by atoms with Gasteiger partial charge in [-0.25, -0.2) is 8.42 Å². The van der Waals surface area contributed by atoms with Gasteiger partial charge < -0.3 is 4.74 Å². The van der Waals surface area contributed by atoms with E-state index in [0.717, 1.165) is 29.4 Å². The normalized spacial score (nSPS) is 16.6. The van der Waals surface area contributed by atoms with Gasteiger partial charge in [0.05, 0.1) is 11.0 Å². The SMILES string of the molecule is O=S(=O)(Cl)c1ccc2cc(OC3CCCC3)ccc2c1. The maximum absolute atomic E-state index is 11.3. The Morgan fingerprint density at radius 1 is 1.00 bits per heavy atom. The van der Waals surface area contributed by atoms with Gasteiger partial charge in [0, 0.05) is 10.7 Å². The van der Waals surface area contributed by atoms with E-state index in [1.54, 1.807) is 12.1 Å². The molecule has 3 nitrogen and oxygen atoms in total. The summed E-state index contributed by atoms with van der Waals surface area (Å²) in [4.78, 5) is 0.121. The average molecular weight is 311 g/mol. The minimum absolute atomic E-state index is 0.121. The number of hydrogen-bond acceptors (Lipinski definition) is 3. The number of benzene rings is 2. The van der Waals surface area contributed by atoms with Crippen molar-refractivity contribution in [3.63, 3.8) is 0 Å². The first kappa shape index (κ1) is 13.7. The lowest BCUT2D eigenvalue weighted by molar-refractivity contribution is 0.210. The van der Waals surface area contributed by atoms with Gasteiger partial charge in [-0.3, -0.25) is 0 Å². The van der Waals surface area contributed by atoms with Crippen molar-refractivity contribution < 1.29 is 13.2 Å². The van der Waals surface area contributed by atoms with Crippen LogP contribution in [0.15, 0.2) is 41.3 Å². The van der Waals surface area contributed by atoms with Gasteiger partial charge >= 0.3 is 0 Å². The average Bonchev–Trinajstić information content (AvgIpc) is 2.90. The zero-order chi connectivity index (χ0) is 14.2. The largest absolute Gasteiger partial charge is 0.490 e. The van der Waals surface area contributed by atoms with Crippen LogP contribution in [0.3, 0.4) is 0 Å². The number of rotatable bonds is 3. The van der Waals surface area contributed by atoms with E-state index >= 15 is 0 Å². The zero-order valence-corrected chi connectivity index (χ0v) is 12.5. The van der Waals surface area contributed by atoms with Crippen molar-refractivity contribution in [3.05, 3.63) is 36.4 Å². The topological polar surface area (TPSA) is 43.4 Å². The Bertz CT molecular complexity index is 734. The van der Waals surface area contributed by atoms with Gasteiger partial charge in [-0.15, -0.1) is 0 Å². The number of fused-ring (bicyclic) bond motifs is 1. The highest BCUT2D eigenvalue weighted by Gasteiger charge is 2.16. The Labute approximate surface area is 122 Å². The van der Waals surface area contributed by atoms with E-state index in [9.17, 15) is 8.42 Å². The van der Waals surface area contributed by atoms with E-state index in [1.807, 2.05) is 18.2 Å². The fourth-order valence-corrected chi connectivity index (χ4v) is 3.41. The molecule has 1 saturated carbocycles. The van der Waals surface area contributed by atoms with Gasteiger partial charge in [0.1, 0.15) is 5.75 Å².